The van der Waals surface area contributed by atoms with E-state index in [1.54, 1.807) is 6.92 Å². The van der Waals surface area contributed by atoms with Crippen LogP contribution in [0.3, 0.4) is 0 Å². The van der Waals surface area contributed by atoms with Gasteiger partial charge in [0.15, 0.2) is 5.78 Å². The van der Waals surface area contributed by atoms with Crippen LogP contribution >= 0.6 is 0 Å². The minimum absolute atomic E-state index is 0.0224. The maximum Gasteiger partial charge on any atom is 0.358 e. The maximum absolute atomic E-state index is 12.8. The molecule has 0 bridgehead atoms. The van der Waals surface area contributed by atoms with E-state index in [0.29, 0.717) is 11.1 Å². The van der Waals surface area contributed by atoms with Crippen molar-refractivity contribution in [3.8, 4) is 0 Å². The average Bonchev–Trinajstić information content (AvgIpc) is 2.46. The van der Waals surface area contributed by atoms with Crippen molar-refractivity contribution in [1.29, 1.82) is 0 Å². The second-order valence-electron chi connectivity index (χ2n) is 5.41. The molecule has 5 nitrogen and oxygen atoms in total. The van der Waals surface area contributed by atoms with Crippen LogP contribution in [0, 0.1) is 11.7 Å². The lowest BCUT2D eigenvalue weighted by atomic mass is 9.90. The molecule has 122 valence electrons. The van der Waals surface area contributed by atoms with Gasteiger partial charge in [0.1, 0.15) is 16.4 Å². The van der Waals surface area contributed by atoms with Crippen molar-refractivity contribution in [2.75, 3.05) is 0 Å². The number of benzene rings is 1. The zero-order valence-electron chi connectivity index (χ0n) is 12.9. The van der Waals surface area contributed by atoms with E-state index in [0.717, 1.165) is 24.3 Å². The van der Waals surface area contributed by atoms with Gasteiger partial charge in [-0.2, -0.15) is 8.42 Å². The minimum atomic E-state index is -4.15. The molecule has 0 N–H and O–H groups in total. The summed E-state index contributed by atoms with van der Waals surface area (Å²) in [5.74, 6) is -0.701. The summed E-state index contributed by atoms with van der Waals surface area (Å²) in [5.41, 5.74) is 1.30. The van der Waals surface area contributed by atoms with Crippen molar-refractivity contribution < 1.29 is 21.9 Å². The molecule has 0 saturated heterocycles. The first kappa shape index (κ1) is 17.1. The van der Waals surface area contributed by atoms with Gasteiger partial charge >= 0.3 is 10.1 Å². The molecule has 0 amide bonds. The molecule has 0 heterocycles. The van der Waals surface area contributed by atoms with E-state index in [4.69, 9.17) is 0 Å². The van der Waals surface area contributed by atoms with Crippen molar-refractivity contribution in [2.24, 2.45) is 11.1 Å². The summed E-state index contributed by atoms with van der Waals surface area (Å²) in [6.07, 6.45) is 2.91. The summed E-state index contributed by atoms with van der Waals surface area (Å²) in [7, 11) is -4.15. The number of ketones is 1. The van der Waals surface area contributed by atoms with E-state index >= 15 is 0 Å². The van der Waals surface area contributed by atoms with Crippen LogP contribution in [-0.2, 0) is 19.2 Å². The predicted octanol–water partition coefficient (Wildman–Crippen LogP) is 3.00. The van der Waals surface area contributed by atoms with E-state index in [-0.39, 0.29) is 22.3 Å². The Balaban J connectivity index is 2.29. The Kier molecular flexibility index (Phi) is 4.79. The lowest BCUT2D eigenvalue weighted by Gasteiger charge is -2.14. The van der Waals surface area contributed by atoms with Crippen molar-refractivity contribution in [3.63, 3.8) is 0 Å². The van der Waals surface area contributed by atoms with Gasteiger partial charge in [0.25, 0.3) is 0 Å². The van der Waals surface area contributed by atoms with Crippen LogP contribution in [0.5, 0.6) is 0 Å². The number of nitrogens with zero attached hydrogens (tertiary/aromatic N) is 1. The van der Waals surface area contributed by atoms with Crippen molar-refractivity contribution in [1.82, 2.24) is 0 Å². The Labute approximate surface area is 134 Å². The van der Waals surface area contributed by atoms with E-state index in [1.807, 2.05) is 13.8 Å². The molecule has 0 saturated carbocycles. The van der Waals surface area contributed by atoms with E-state index in [9.17, 15) is 17.6 Å². The highest BCUT2D eigenvalue weighted by molar-refractivity contribution is 7.86. The highest BCUT2D eigenvalue weighted by Crippen LogP contribution is 2.20. The Hall–Kier alpha value is -2.28. The molecule has 1 aromatic rings. The lowest BCUT2D eigenvalue weighted by molar-refractivity contribution is -0.111. The number of rotatable bonds is 4. The largest absolute Gasteiger partial charge is 0.358 e. The topological polar surface area (TPSA) is 72.8 Å². The van der Waals surface area contributed by atoms with Gasteiger partial charge in [0, 0.05) is 5.57 Å². The molecule has 0 fully saturated rings. The van der Waals surface area contributed by atoms with Gasteiger partial charge in [-0.1, -0.05) is 19.0 Å². The lowest BCUT2D eigenvalue weighted by Crippen LogP contribution is -2.16. The first-order chi connectivity index (χ1) is 10.7. The van der Waals surface area contributed by atoms with Crippen LogP contribution in [0.25, 0.3) is 0 Å². The molecular weight excluding hydrogens is 321 g/mol. The normalized spacial score (nSPS) is 17.3. The van der Waals surface area contributed by atoms with Crippen LogP contribution < -0.4 is 0 Å². The Bertz CT molecular complexity index is 818. The molecule has 1 aliphatic carbocycles. The number of halogens is 1. The average molecular weight is 337 g/mol. The fourth-order valence-corrected chi connectivity index (χ4v) is 2.70. The van der Waals surface area contributed by atoms with Gasteiger partial charge in [-0.25, -0.2) is 4.39 Å². The second-order valence-corrected chi connectivity index (χ2v) is 6.93. The highest BCUT2D eigenvalue weighted by Gasteiger charge is 2.21. The van der Waals surface area contributed by atoms with Gasteiger partial charge < -0.3 is 0 Å². The van der Waals surface area contributed by atoms with Crippen LogP contribution in [0.1, 0.15) is 20.8 Å². The van der Waals surface area contributed by atoms with Crippen LogP contribution in [-0.4, -0.2) is 19.9 Å². The van der Waals surface area contributed by atoms with Crippen molar-refractivity contribution in [2.45, 2.75) is 25.7 Å². The van der Waals surface area contributed by atoms with Crippen LogP contribution in [0.15, 0.2) is 57.6 Å². The molecular formula is C16H16FNO4S. The van der Waals surface area contributed by atoms with Gasteiger partial charge in [0.2, 0.25) is 0 Å². The molecule has 7 heteroatoms. The minimum Gasteiger partial charge on any atom is -0.290 e. The summed E-state index contributed by atoms with van der Waals surface area (Å²) >= 11 is 0. The molecule has 1 aliphatic rings. The Morgan fingerprint density at radius 1 is 1.13 bits per heavy atom. The number of carbonyl (C=O) groups is 1. The third-order valence-corrected chi connectivity index (χ3v) is 4.41. The molecule has 0 radical (unpaired) electrons. The standard InChI is InChI=1S/C16H16FNO4S/c1-10(2)14-9-15(11(3)8-16(14)19)18-22-23(20,21)13-6-4-12(17)5-7-13/h4-10H,1-3H3/b18-15-. The Morgan fingerprint density at radius 2 is 1.74 bits per heavy atom. The number of oxime groups is 1. The SMILES string of the molecule is CC1=CC(=O)C(C(C)C)=C/C1=N/OS(=O)(=O)c1ccc(F)cc1. The Morgan fingerprint density at radius 3 is 2.30 bits per heavy atom. The summed E-state index contributed by atoms with van der Waals surface area (Å²) in [4.78, 5) is 11.6. The van der Waals surface area contributed by atoms with Crippen molar-refractivity contribution >= 4 is 21.6 Å². The summed E-state index contributed by atoms with van der Waals surface area (Å²) in [6, 6.07) is 4.22. The summed E-state index contributed by atoms with van der Waals surface area (Å²) in [6.45, 7) is 5.34. The van der Waals surface area contributed by atoms with Gasteiger partial charge in [-0.3, -0.25) is 9.08 Å². The molecule has 0 atom stereocenters. The number of allylic oxidation sites excluding steroid dienone is 4. The zero-order chi connectivity index (χ0) is 17.2. The van der Waals surface area contributed by atoms with E-state index in [1.165, 1.54) is 12.2 Å². The number of hydrogen-bond donors (Lipinski definition) is 0. The van der Waals surface area contributed by atoms with Gasteiger partial charge in [0.05, 0.1) is 0 Å². The highest BCUT2D eigenvalue weighted by atomic mass is 32.2. The number of hydrogen-bond acceptors (Lipinski definition) is 5. The summed E-state index contributed by atoms with van der Waals surface area (Å²) < 4.78 is 41.5. The molecule has 2 rings (SSSR count). The fourth-order valence-electron chi connectivity index (χ4n) is 1.97. The predicted molar refractivity (Wildman–Crippen MR) is 83.8 cm³/mol. The first-order valence-corrected chi connectivity index (χ1v) is 8.33. The first-order valence-electron chi connectivity index (χ1n) is 6.92. The molecule has 23 heavy (non-hydrogen) atoms. The fraction of sp³-hybridized carbons (Fsp3) is 0.250. The van der Waals surface area contributed by atoms with E-state index < -0.39 is 15.9 Å². The molecule has 0 unspecified atom stereocenters. The quantitative estimate of drug-likeness (QED) is 0.625. The number of carbonyl (C=O) groups excluding carboxylic acids is 1. The summed E-state index contributed by atoms with van der Waals surface area (Å²) in [5, 5.41) is 3.64. The van der Waals surface area contributed by atoms with Crippen LogP contribution in [0.2, 0.25) is 0 Å². The van der Waals surface area contributed by atoms with E-state index in [2.05, 4.69) is 9.44 Å². The smallest absolute Gasteiger partial charge is 0.290 e. The van der Waals surface area contributed by atoms with Gasteiger partial charge in [-0.15, -0.1) is 0 Å². The third kappa shape index (κ3) is 3.92. The maximum atomic E-state index is 12.8. The monoisotopic (exact) mass is 337 g/mol. The second kappa shape index (κ2) is 6.45. The third-order valence-electron chi connectivity index (χ3n) is 3.29. The molecule has 0 aliphatic heterocycles. The van der Waals surface area contributed by atoms with Crippen molar-refractivity contribution in [3.05, 3.63) is 53.4 Å². The molecule has 1 aromatic carbocycles. The van der Waals surface area contributed by atoms with Gasteiger partial charge in [-0.05, 0) is 54.8 Å². The zero-order valence-corrected chi connectivity index (χ0v) is 13.7. The molecule has 0 spiro atoms. The molecule has 0 aromatic heterocycles. The van der Waals surface area contributed by atoms with Crippen LogP contribution in [0.4, 0.5) is 4.39 Å².